The van der Waals surface area contributed by atoms with Gasteiger partial charge in [-0.2, -0.15) is 13.2 Å². The van der Waals surface area contributed by atoms with Crippen LogP contribution in [0.3, 0.4) is 0 Å². The Morgan fingerprint density at radius 1 is 1.18 bits per heavy atom. The molecule has 0 aromatic carbocycles. The lowest BCUT2D eigenvalue weighted by atomic mass is 9.92. The van der Waals surface area contributed by atoms with E-state index < -0.39 is 23.7 Å². The number of aromatic nitrogens is 4. The second-order valence-electron chi connectivity index (χ2n) is 8.71. The molecule has 1 amide bonds. The van der Waals surface area contributed by atoms with Crippen LogP contribution in [0.1, 0.15) is 62.6 Å². The number of ether oxygens (including phenoxy) is 2. The van der Waals surface area contributed by atoms with E-state index >= 15 is 0 Å². The minimum atomic E-state index is -4.65. The summed E-state index contributed by atoms with van der Waals surface area (Å²) in [6, 6.07) is 1.14. The first-order valence-corrected chi connectivity index (χ1v) is 11.3. The molecule has 180 valence electrons. The van der Waals surface area contributed by atoms with Crippen LogP contribution in [0.5, 0.6) is 5.88 Å². The average molecular weight is 467 g/mol. The monoisotopic (exact) mass is 467 g/mol. The van der Waals surface area contributed by atoms with Crippen LogP contribution < -0.4 is 4.74 Å². The van der Waals surface area contributed by atoms with Crippen molar-refractivity contribution in [3.05, 3.63) is 23.5 Å². The van der Waals surface area contributed by atoms with E-state index in [0.717, 1.165) is 57.4 Å². The first-order valence-electron chi connectivity index (χ1n) is 11.3. The van der Waals surface area contributed by atoms with E-state index in [2.05, 4.69) is 15.3 Å². The number of amides is 1. The molecule has 2 saturated carbocycles. The molecule has 33 heavy (non-hydrogen) atoms. The zero-order chi connectivity index (χ0) is 23.6. The summed E-state index contributed by atoms with van der Waals surface area (Å²) in [5.74, 6) is -0.419. The van der Waals surface area contributed by atoms with Gasteiger partial charge in [0, 0.05) is 31.9 Å². The Balaban J connectivity index is 1.55. The molecule has 0 aliphatic heterocycles. The zero-order valence-electron chi connectivity index (χ0n) is 18.8. The predicted molar refractivity (Wildman–Crippen MR) is 112 cm³/mol. The van der Waals surface area contributed by atoms with Gasteiger partial charge in [0.2, 0.25) is 5.88 Å². The lowest BCUT2D eigenvalue weighted by Crippen LogP contribution is -2.41. The number of hydrogen-bond donors (Lipinski definition) is 0. The minimum absolute atomic E-state index is 0.129. The van der Waals surface area contributed by atoms with E-state index in [9.17, 15) is 18.0 Å². The van der Waals surface area contributed by atoms with Crippen LogP contribution in [-0.4, -0.2) is 50.2 Å². The second kappa shape index (κ2) is 9.56. The van der Waals surface area contributed by atoms with Crippen molar-refractivity contribution >= 4 is 6.09 Å². The first-order chi connectivity index (χ1) is 15.7. The number of hydrogen-bond acceptors (Lipinski definition) is 6. The summed E-state index contributed by atoms with van der Waals surface area (Å²) in [5, 5.41) is 7.91. The molecule has 0 radical (unpaired) electrons. The number of nitrogens with zero attached hydrogens (tertiary/aromatic N) is 5. The van der Waals surface area contributed by atoms with Crippen LogP contribution in [0.2, 0.25) is 0 Å². The quantitative estimate of drug-likeness (QED) is 0.611. The summed E-state index contributed by atoms with van der Waals surface area (Å²) in [7, 11) is 3.27. The van der Waals surface area contributed by atoms with Crippen molar-refractivity contribution in [3.8, 4) is 17.1 Å². The highest BCUT2D eigenvalue weighted by molar-refractivity contribution is 5.68. The lowest BCUT2D eigenvalue weighted by Gasteiger charge is -2.33. The third-order valence-electron chi connectivity index (χ3n) is 6.45. The van der Waals surface area contributed by atoms with Gasteiger partial charge in [0.05, 0.1) is 0 Å². The molecular weight excluding hydrogens is 439 g/mol. The maximum Gasteiger partial charge on any atom is 0.421 e. The Kier molecular flexibility index (Phi) is 6.76. The Hall–Kier alpha value is -2.85. The molecule has 8 nitrogen and oxygen atoms in total. The fourth-order valence-electron chi connectivity index (χ4n) is 4.14. The van der Waals surface area contributed by atoms with E-state index in [-0.39, 0.29) is 30.0 Å². The largest absolute Gasteiger partial charge is 0.474 e. The number of carbonyl (C=O) groups excluding carboxylic acids is 1. The van der Waals surface area contributed by atoms with Crippen LogP contribution in [0.15, 0.2) is 12.3 Å². The number of aryl methyl sites for hydroxylation is 1. The van der Waals surface area contributed by atoms with Crippen molar-refractivity contribution in [2.75, 3.05) is 7.05 Å². The summed E-state index contributed by atoms with van der Waals surface area (Å²) < 4.78 is 53.9. The Labute approximate surface area is 190 Å². The number of pyridine rings is 1. The second-order valence-corrected chi connectivity index (χ2v) is 8.71. The average Bonchev–Trinajstić information content (AvgIpc) is 3.11. The SMILES string of the molecule is CN(C(=O)OCc1c(-c2cnc(OC3CCCCC3)c(C(F)(F)F)c2)nnn1C)C1CCC1. The van der Waals surface area contributed by atoms with Gasteiger partial charge < -0.3 is 14.4 Å². The van der Waals surface area contributed by atoms with Crippen LogP contribution in [0, 0.1) is 0 Å². The molecule has 0 N–H and O–H groups in total. The van der Waals surface area contributed by atoms with Crippen molar-refractivity contribution in [2.24, 2.45) is 7.05 Å². The van der Waals surface area contributed by atoms with Gasteiger partial charge in [0.15, 0.2) is 0 Å². The van der Waals surface area contributed by atoms with Gasteiger partial charge in [-0.05, 0) is 51.0 Å². The van der Waals surface area contributed by atoms with Gasteiger partial charge in [-0.15, -0.1) is 5.10 Å². The Morgan fingerprint density at radius 3 is 2.55 bits per heavy atom. The van der Waals surface area contributed by atoms with Crippen LogP contribution in [-0.2, 0) is 24.6 Å². The molecule has 2 aromatic rings. The molecule has 2 fully saturated rings. The summed E-state index contributed by atoms with van der Waals surface area (Å²) >= 11 is 0. The van der Waals surface area contributed by atoms with Gasteiger partial charge in [-0.25, -0.2) is 14.5 Å². The van der Waals surface area contributed by atoms with Gasteiger partial charge >= 0.3 is 12.3 Å². The molecule has 0 unspecified atom stereocenters. The fourth-order valence-corrected chi connectivity index (χ4v) is 4.14. The predicted octanol–water partition coefficient (Wildman–Crippen LogP) is 4.73. The standard InChI is InChI=1S/C22H28F3N5O3/c1-29(15-7-6-8-15)21(31)32-13-18-19(27-28-30(18)2)14-11-17(22(23,24)25)20(26-12-14)33-16-9-4-3-5-10-16/h11-12,15-16H,3-10,13H2,1-2H3. The van der Waals surface area contributed by atoms with E-state index in [1.54, 1.807) is 19.0 Å². The highest BCUT2D eigenvalue weighted by atomic mass is 19.4. The molecule has 0 atom stereocenters. The van der Waals surface area contributed by atoms with Crippen molar-refractivity contribution in [2.45, 2.75) is 76.3 Å². The maximum atomic E-state index is 13.8. The van der Waals surface area contributed by atoms with Crippen molar-refractivity contribution in [1.82, 2.24) is 24.9 Å². The molecule has 2 aromatic heterocycles. The maximum absolute atomic E-state index is 13.8. The summed E-state index contributed by atoms with van der Waals surface area (Å²) in [4.78, 5) is 17.9. The smallest absolute Gasteiger partial charge is 0.421 e. The molecule has 0 saturated heterocycles. The molecule has 2 heterocycles. The normalized spacial score (nSPS) is 17.5. The van der Waals surface area contributed by atoms with Crippen molar-refractivity contribution in [1.29, 1.82) is 0 Å². The Morgan fingerprint density at radius 2 is 1.91 bits per heavy atom. The number of rotatable bonds is 6. The van der Waals surface area contributed by atoms with Crippen LogP contribution in [0.25, 0.3) is 11.3 Å². The van der Waals surface area contributed by atoms with Crippen LogP contribution in [0.4, 0.5) is 18.0 Å². The summed E-state index contributed by atoms with van der Waals surface area (Å²) in [6.45, 7) is -0.170. The third-order valence-corrected chi connectivity index (χ3v) is 6.45. The number of alkyl halides is 3. The number of carbonyl (C=O) groups is 1. The molecule has 11 heteroatoms. The fraction of sp³-hybridized carbons (Fsp3) is 0.636. The third kappa shape index (κ3) is 5.22. The zero-order valence-corrected chi connectivity index (χ0v) is 18.8. The molecule has 4 rings (SSSR count). The van der Waals surface area contributed by atoms with Crippen LogP contribution >= 0.6 is 0 Å². The molecule has 0 bridgehead atoms. The van der Waals surface area contributed by atoms with E-state index in [1.165, 1.54) is 10.9 Å². The summed E-state index contributed by atoms with van der Waals surface area (Å²) in [6.07, 6.45) is 3.21. The van der Waals surface area contributed by atoms with Gasteiger partial charge in [-0.1, -0.05) is 11.6 Å². The number of halogens is 3. The minimum Gasteiger partial charge on any atom is -0.474 e. The van der Waals surface area contributed by atoms with Gasteiger partial charge in [0.25, 0.3) is 0 Å². The summed E-state index contributed by atoms with van der Waals surface area (Å²) in [5.41, 5.74) is -0.270. The molecule has 0 spiro atoms. The van der Waals surface area contributed by atoms with Crippen molar-refractivity contribution < 1.29 is 27.4 Å². The van der Waals surface area contributed by atoms with E-state index in [1.807, 2.05) is 0 Å². The lowest BCUT2D eigenvalue weighted by molar-refractivity contribution is -0.139. The van der Waals surface area contributed by atoms with Gasteiger partial charge in [-0.3, -0.25) is 0 Å². The van der Waals surface area contributed by atoms with Gasteiger partial charge in [0.1, 0.15) is 29.7 Å². The van der Waals surface area contributed by atoms with Crippen molar-refractivity contribution in [3.63, 3.8) is 0 Å². The molecular formula is C22H28F3N5O3. The molecule has 2 aliphatic carbocycles. The highest BCUT2D eigenvalue weighted by Crippen LogP contribution is 2.39. The highest BCUT2D eigenvalue weighted by Gasteiger charge is 2.37. The Bertz CT molecular complexity index is 984. The topological polar surface area (TPSA) is 82.4 Å². The first kappa shape index (κ1) is 23.3. The molecule has 2 aliphatic rings. The van der Waals surface area contributed by atoms with E-state index in [0.29, 0.717) is 5.69 Å². The van der Waals surface area contributed by atoms with E-state index in [4.69, 9.17) is 9.47 Å².